The fraction of sp³-hybridized carbons (Fsp3) is 0.636. The molecule has 2 fully saturated rings. The molecule has 0 unspecified atom stereocenters. The fourth-order valence-corrected chi connectivity index (χ4v) is 4.86. The maximum atomic E-state index is 11.9. The topological polar surface area (TPSA) is 285 Å². The van der Waals surface area contributed by atoms with E-state index in [9.17, 15) is 34.8 Å². The zero-order chi connectivity index (χ0) is 30.2. The summed E-state index contributed by atoms with van der Waals surface area (Å²) in [5, 5.41) is 60.4. The zero-order valence-corrected chi connectivity index (χ0v) is 22.1. The molecule has 0 amide bonds. The van der Waals surface area contributed by atoms with Crippen LogP contribution in [0.2, 0.25) is 0 Å². The number of hydrogen-bond donors (Lipinski definition) is 10. The molecule has 0 saturated carbocycles. The van der Waals surface area contributed by atoms with Crippen molar-refractivity contribution in [1.29, 1.82) is 0 Å². The minimum Gasteiger partial charge on any atom is -0.394 e. The highest BCUT2D eigenvalue weighted by Gasteiger charge is 2.48. The lowest BCUT2D eigenvalue weighted by Crippen LogP contribution is -2.45. The van der Waals surface area contributed by atoms with Crippen molar-refractivity contribution in [2.45, 2.75) is 55.6 Å². The van der Waals surface area contributed by atoms with E-state index >= 15 is 0 Å². The molecule has 2 aromatic heterocycles. The Hall–Kier alpha value is -3.40. The molecule has 2 saturated heterocycles. The Morgan fingerprint density at radius 1 is 0.976 bits per heavy atom. The summed E-state index contributed by atoms with van der Waals surface area (Å²) in [6.45, 7) is -0.446. The highest BCUT2D eigenvalue weighted by Crippen LogP contribution is 2.35. The van der Waals surface area contributed by atoms with Gasteiger partial charge in [-0.05, 0) is 7.05 Å². The number of ether oxygens (including phenoxy) is 2. The van der Waals surface area contributed by atoms with E-state index < -0.39 is 79.1 Å². The second-order valence-corrected chi connectivity index (χ2v) is 9.74. The molecule has 11 N–H and O–H groups in total. The smallest absolute Gasteiger partial charge is 0.330 e. The van der Waals surface area contributed by atoms with Crippen LogP contribution >= 0.6 is 0 Å². The van der Waals surface area contributed by atoms with Crippen molar-refractivity contribution < 1.29 is 40.1 Å². The van der Waals surface area contributed by atoms with E-state index in [1.165, 1.54) is 11.1 Å². The number of aromatic nitrogens is 4. The van der Waals surface area contributed by atoms with Crippen LogP contribution in [-0.2, 0) is 16.0 Å². The van der Waals surface area contributed by atoms with Crippen molar-refractivity contribution in [1.82, 2.24) is 24.8 Å². The van der Waals surface area contributed by atoms with Gasteiger partial charge in [0.2, 0.25) is 5.95 Å². The summed E-state index contributed by atoms with van der Waals surface area (Å²) in [7, 11) is 3.33. The summed E-state index contributed by atoms with van der Waals surface area (Å²) in [5.41, 5.74) is 4.45. The van der Waals surface area contributed by atoms with Gasteiger partial charge in [-0.3, -0.25) is 24.1 Å². The van der Waals surface area contributed by atoms with E-state index in [1.807, 2.05) is 0 Å². The number of aliphatic hydroxyl groups is 6. The van der Waals surface area contributed by atoms with Crippen molar-refractivity contribution in [2.75, 3.05) is 49.5 Å². The Morgan fingerprint density at radius 3 is 2.12 bits per heavy atom. The lowest BCUT2D eigenvalue weighted by atomic mass is 10.1. The molecule has 19 heteroatoms. The van der Waals surface area contributed by atoms with E-state index in [1.54, 1.807) is 19.0 Å². The first kappa shape index (κ1) is 30.6. The van der Waals surface area contributed by atoms with Crippen LogP contribution in [0.1, 0.15) is 11.8 Å². The average molecular weight is 587 g/mol. The third-order valence-electron chi connectivity index (χ3n) is 6.94. The van der Waals surface area contributed by atoms with Gasteiger partial charge in [-0.15, -0.1) is 0 Å². The summed E-state index contributed by atoms with van der Waals surface area (Å²) in [4.78, 5) is 47.0. The number of nitrogen functional groups attached to an aromatic ring is 1. The fourth-order valence-electron chi connectivity index (χ4n) is 4.86. The summed E-state index contributed by atoms with van der Waals surface area (Å²) >= 11 is 0. The molecule has 228 valence electrons. The van der Waals surface area contributed by atoms with Crippen molar-refractivity contribution in [3.8, 4) is 0 Å². The van der Waals surface area contributed by atoms with Gasteiger partial charge in [-0.25, -0.2) is 4.79 Å². The third-order valence-corrected chi connectivity index (χ3v) is 6.94. The first-order chi connectivity index (χ1) is 19.4. The minimum absolute atomic E-state index is 0.0502. The van der Waals surface area contributed by atoms with Crippen LogP contribution in [0.15, 0.2) is 20.6 Å². The van der Waals surface area contributed by atoms with Crippen LogP contribution in [0.5, 0.6) is 0 Å². The van der Waals surface area contributed by atoms with Gasteiger partial charge < -0.3 is 61.0 Å². The minimum atomic E-state index is -1.38. The Kier molecular flexibility index (Phi) is 9.11. The second kappa shape index (κ2) is 12.2. The van der Waals surface area contributed by atoms with E-state index in [0.29, 0.717) is 5.69 Å². The Labute approximate surface area is 231 Å². The number of H-pyrrole nitrogens is 2. The molecule has 0 bridgehead atoms. The number of hydrogen-bond acceptors (Lipinski definition) is 16. The second-order valence-electron chi connectivity index (χ2n) is 9.74. The third kappa shape index (κ3) is 5.71. The molecule has 5 rings (SSSR count). The number of nitrogens with one attached hydrogen (secondary N) is 3. The van der Waals surface area contributed by atoms with Crippen LogP contribution < -0.4 is 37.7 Å². The number of aromatic amines is 2. The van der Waals surface area contributed by atoms with Gasteiger partial charge in [0.1, 0.15) is 42.3 Å². The number of rotatable bonds is 6. The molecule has 2 aromatic rings. The normalized spacial score (nSPS) is 30.8. The van der Waals surface area contributed by atoms with Crippen LogP contribution in [-0.4, -0.2) is 127 Å². The largest absolute Gasteiger partial charge is 0.394 e. The molecular formula is C22H34N8O11. The number of anilines is 3. The van der Waals surface area contributed by atoms with E-state index in [-0.39, 0.29) is 30.5 Å². The molecule has 41 heavy (non-hydrogen) atoms. The van der Waals surface area contributed by atoms with Gasteiger partial charge in [0.15, 0.2) is 18.3 Å². The summed E-state index contributed by atoms with van der Waals surface area (Å²) in [5.74, 6) is 0.222. The first-order valence-electron chi connectivity index (χ1n) is 12.5. The molecule has 0 aromatic carbocycles. The molecular weight excluding hydrogens is 552 g/mol. The van der Waals surface area contributed by atoms with Crippen molar-refractivity contribution in [3.05, 3.63) is 43.0 Å². The quantitative estimate of drug-likeness (QED) is 0.151. The lowest BCUT2D eigenvalue weighted by Gasteiger charge is -2.27. The number of fused-ring (bicyclic) bond motifs is 1. The predicted octanol–water partition coefficient (Wildman–Crippen LogP) is -6.13. The predicted molar refractivity (Wildman–Crippen MR) is 140 cm³/mol. The molecule has 8 atom stereocenters. The number of nitrogens with zero attached hydrogens (tertiary/aromatic N) is 4. The van der Waals surface area contributed by atoms with Crippen molar-refractivity contribution in [3.63, 3.8) is 0 Å². The van der Waals surface area contributed by atoms with Crippen LogP contribution in [0, 0.1) is 0 Å². The van der Waals surface area contributed by atoms with Gasteiger partial charge in [-0.2, -0.15) is 4.98 Å². The van der Waals surface area contributed by atoms with E-state index in [2.05, 4.69) is 20.3 Å². The molecule has 5 heterocycles. The van der Waals surface area contributed by atoms with Crippen LogP contribution in [0.25, 0.3) is 0 Å². The van der Waals surface area contributed by atoms with Crippen LogP contribution in [0.4, 0.5) is 17.5 Å². The van der Waals surface area contributed by atoms with Crippen molar-refractivity contribution >= 4 is 17.5 Å². The van der Waals surface area contributed by atoms with E-state index in [4.69, 9.17) is 25.4 Å². The highest BCUT2D eigenvalue weighted by molar-refractivity contribution is 5.72. The average Bonchev–Trinajstić information content (AvgIpc) is 3.51. The molecule has 0 spiro atoms. The Morgan fingerprint density at radius 2 is 1.56 bits per heavy atom. The van der Waals surface area contributed by atoms with Gasteiger partial charge in [-0.1, -0.05) is 0 Å². The molecule has 19 nitrogen and oxygen atoms in total. The van der Waals surface area contributed by atoms with E-state index in [0.717, 1.165) is 4.57 Å². The van der Waals surface area contributed by atoms with Gasteiger partial charge in [0.05, 0.1) is 19.9 Å². The Bertz CT molecular complexity index is 1400. The standard InChI is InChI=1S/C11H17N5O5.C11H17N3O6/c1-15-3-16(8-5(15)9(20)14-11(12)13-8)10-7(19)6(18)4(2-17)21-10;1-12-2-5-3-14(11(19)13-9(5)18)10-8(17)7(16)6(4-15)20-10/h4,6-7,10,17-19H,2-3H2,1H3,(H3,12,13,14,20);3,6-8,10,12,15-17H,2,4H2,1H3,(H,13,18,19)/t4-,6-,7-,10-;6-,7-,8-,10-/m11/s1. The zero-order valence-electron chi connectivity index (χ0n) is 22.1. The summed E-state index contributed by atoms with van der Waals surface area (Å²) in [6.07, 6.45) is -7.83. The maximum Gasteiger partial charge on any atom is 0.330 e. The summed E-state index contributed by atoms with van der Waals surface area (Å²) < 4.78 is 11.7. The SMILES string of the molecule is CN1CN([C@@H]2O[C@H](CO)[C@@H](O)[C@H]2O)c2nc(N)[nH]c(=O)c21.CNCc1cn([C@@H]2O[C@H](CO)[C@@H](O)[C@H]2O)c(=O)[nH]c1=O. The summed E-state index contributed by atoms with van der Waals surface area (Å²) in [6, 6.07) is 0. The molecule has 0 aliphatic carbocycles. The Balaban J connectivity index is 0.000000189. The highest BCUT2D eigenvalue weighted by atomic mass is 16.6. The first-order valence-corrected chi connectivity index (χ1v) is 12.5. The van der Waals surface area contributed by atoms with Crippen molar-refractivity contribution in [2.24, 2.45) is 0 Å². The monoisotopic (exact) mass is 586 g/mol. The lowest BCUT2D eigenvalue weighted by molar-refractivity contribution is -0.0551. The van der Waals surface area contributed by atoms with Gasteiger partial charge in [0.25, 0.3) is 11.1 Å². The number of aliphatic hydroxyl groups excluding tert-OH is 6. The molecule has 0 radical (unpaired) electrons. The van der Waals surface area contributed by atoms with Gasteiger partial charge >= 0.3 is 5.69 Å². The maximum absolute atomic E-state index is 11.9. The van der Waals surface area contributed by atoms with Crippen LogP contribution in [0.3, 0.4) is 0 Å². The van der Waals surface area contributed by atoms with Gasteiger partial charge in [0, 0.05) is 25.4 Å². The number of nitrogens with two attached hydrogens (primary N) is 1. The molecule has 3 aliphatic rings. The molecule has 3 aliphatic heterocycles.